The molecule has 0 saturated carbocycles. The van der Waals surface area contributed by atoms with Crippen LogP contribution in [0.4, 0.5) is 37.7 Å². The van der Waals surface area contributed by atoms with Crippen LogP contribution in [0, 0.1) is 0 Å². The van der Waals surface area contributed by atoms with Gasteiger partial charge in [-0.3, -0.25) is 0 Å². The summed E-state index contributed by atoms with van der Waals surface area (Å²) < 4.78 is 78.8. The maximum atomic E-state index is 13.1. The molecule has 0 saturated heterocycles. The zero-order chi connectivity index (χ0) is 19.5. The lowest BCUT2D eigenvalue weighted by molar-refractivity contribution is -0.375. The minimum Gasteiger partial charge on any atom is -0.398 e. The average molecular weight is 374 g/mol. The van der Waals surface area contributed by atoms with Crippen LogP contribution < -0.4 is 11.5 Å². The smallest absolute Gasteiger partial charge is 0.398 e. The van der Waals surface area contributed by atoms with E-state index in [0.717, 1.165) is 6.07 Å². The minimum atomic E-state index is -6.01. The van der Waals surface area contributed by atoms with Gasteiger partial charge in [0.2, 0.25) is 0 Å². The fourth-order valence-corrected chi connectivity index (χ4v) is 2.90. The Labute approximate surface area is 142 Å². The maximum absolute atomic E-state index is 13.1. The van der Waals surface area contributed by atoms with Crippen molar-refractivity contribution in [1.29, 1.82) is 0 Å². The Morgan fingerprint density at radius 1 is 0.692 bits per heavy atom. The molecule has 5 N–H and O–H groups in total. The molecule has 0 heterocycles. The van der Waals surface area contributed by atoms with Crippen molar-refractivity contribution in [3.05, 3.63) is 48.0 Å². The normalized spacial score (nSPS) is 13.5. The predicted octanol–water partition coefficient (Wildman–Crippen LogP) is 4.47. The lowest BCUT2D eigenvalue weighted by Crippen LogP contribution is -2.54. The number of nitrogens with two attached hydrogens (primary N) is 2. The van der Waals surface area contributed by atoms with Crippen LogP contribution in [-0.2, 0) is 5.60 Å². The van der Waals surface area contributed by atoms with E-state index in [1.54, 1.807) is 24.3 Å². The molecule has 0 unspecified atom stereocenters. The summed E-state index contributed by atoms with van der Waals surface area (Å²) >= 11 is 0. The number of alkyl halides is 6. The highest BCUT2D eigenvalue weighted by Crippen LogP contribution is 2.52. The Morgan fingerprint density at radius 2 is 1.27 bits per heavy atom. The van der Waals surface area contributed by atoms with Crippen molar-refractivity contribution in [3.63, 3.8) is 0 Å². The van der Waals surface area contributed by atoms with E-state index in [-0.39, 0.29) is 5.39 Å². The molecule has 3 aromatic rings. The summed E-state index contributed by atoms with van der Waals surface area (Å²) in [6, 6.07) is 9.36. The molecule has 0 bridgehead atoms. The quantitative estimate of drug-likeness (QED) is 0.334. The van der Waals surface area contributed by atoms with Gasteiger partial charge in [0, 0.05) is 22.3 Å². The van der Waals surface area contributed by atoms with Crippen LogP contribution in [0.2, 0.25) is 0 Å². The highest BCUT2D eigenvalue weighted by molar-refractivity contribution is 6.04. The number of aliphatic hydroxyl groups is 1. The summed E-state index contributed by atoms with van der Waals surface area (Å²) in [5.41, 5.74) is 4.19. The fraction of sp³-hybridized carbons (Fsp3) is 0.176. The van der Waals surface area contributed by atoms with E-state index in [2.05, 4.69) is 0 Å². The Bertz CT molecular complexity index is 996. The summed E-state index contributed by atoms with van der Waals surface area (Å²) in [5, 5.41) is 11.1. The van der Waals surface area contributed by atoms with Crippen molar-refractivity contribution < 1.29 is 31.4 Å². The summed E-state index contributed by atoms with van der Waals surface area (Å²) in [6.07, 6.45) is -12.0. The maximum Gasteiger partial charge on any atom is 0.430 e. The zero-order valence-corrected chi connectivity index (χ0v) is 12.9. The second-order valence-corrected chi connectivity index (χ2v) is 5.91. The molecule has 0 spiro atoms. The molecule has 3 nitrogen and oxygen atoms in total. The molecule has 0 aliphatic rings. The predicted molar refractivity (Wildman–Crippen MR) is 86.3 cm³/mol. The van der Waals surface area contributed by atoms with Gasteiger partial charge in [0.05, 0.1) is 0 Å². The van der Waals surface area contributed by atoms with E-state index in [4.69, 9.17) is 11.5 Å². The molecule has 138 valence electrons. The van der Waals surface area contributed by atoms with E-state index in [1.807, 2.05) is 0 Å². The molecule has 3 aromatic carbocycles. The Hall–Kier alpha value is -2.68. The average Bonchev–Trinajstić information content (AvgIpc) is 2.50. The molecular formula is C17H12F6N2O. The van der Waals surface area contributed by atoms with Gasteiger partial charge in [-0.05, 0) is 46.5 Å². The highest BCUT2D eigenvalue weighted by atomic mass is 19.4. The van der Waals surface area contributed by atoms with Crippen molar-refractivity contribution in [3.8, 4) is 0 Å². The molecule has 0 aliphatic heterocycles. The molecule has 0 atom stereocenters. The molecule has 9 heteroatoms. The fourth-order valence-electron chi connectivity index (χ4n) is 2.90. The molecule has 0 fully saturated rings. The number of fused-ring (bicyclic) bond motifs is 2. The standard InChI is InChI=1S/C17H12F6N2O/c18-16(19,20)15(26,17(21,22)23)12-6-10-5-11-8(2-1-3-13(11)24)4-9(10)7-14(12)25/h1-7,26H,24-25H2. The van der Waals surface area contributed by atoms with Crippen LogP contribution in [0.5, 0.6) is 0 Å². The lowest BCUT2D eigenvalue weighted by Gasteiger charge is -2.33. The van der Waals surface area contributed by atoms with Gasteiger partial charge in [-0.25, -0.2) is 0 Å². The van der Waals surface area contributed by atoms with E-state index in [9.17, 15) is 31.4 Å². The van der Waals surface area contributed by atoms with Gasteiger partial charge in [-0.2, -0.15) is 26.3 Å². The lowest BCUT2D eigenvalue weighted by atomic mass is 9.88. The van der Waals surface area contributed by atoms with Crippen LogP contribution >= 0.6 is 0 Å². The van der Waals surface area contributed by atoms with Crippen molar-refractivity contribution in [1.82, 2.24) is 0 Å². The van der Waals surface area contributed by atoms with Gasteiger partial charge in [0.1, 0.15) is 0 Å². The van der Waals surface area contributed by atoms with Gasteiger partial charge in [0.25, 0.3) is 5.60 Å². The molecule has 0 amide bonds. The van der Waals surface area contributed by atoms with Crippen LogP contribution in [0.1, 0.15) is 5.56 Å². The van der Waals surface area contributed by atoms with E-state index in [1.165, 1.54) is 6.07 Å². The largest absolute Gasteiger partial charge is 0.430 e. The Balaban J connectivity index is 2.38. The van der Waals surface area contributed by atoms with Gasteiger partial charge in [-0.1, -0.05) is 12.1 Å². The van der Waals surface area contributed by atoms with E-state index < -0.39 is 29.2 Å². The zero-order valence-electron chi connectivity index (χ0n) is 12.9. The van der Waals surface area contributed by atoms with Gasteiger partial charge >= 0.3 is 12.4 Å². The summed E-state index contributed by atoms with van der Waals surface area (Å²) in [4.78, 5) is 0. The summed E-state index contributed by atoms with van der Waals surface area (Å²) in [7, 11) is 0. The summed E-state index contributed by atoms with van der Waals surface area (Å²) in [5.74, 6) is 0. The van der Waals surface area contributed by atoms with Gasteiger partial charge < -0.3 is 16.6 Å². The van der Waals surface area contributed by atoms with E-state index in [0.29, 0.717) is 27.9 Å². The molecule has 0 aliphatic carbocycles. The first-order valence-corrected chi connectivity index (χ1v) is 7.24. The number of anilines is 2. The molecule has 26 heavy (non-hydrogen) atoms. The van der Waals surface area contributed by atoms with Gasteiger partial charge in [-0.15, -0.1) is 0 Å². The number of benzene rings is 3. The first kappa shape index (κ1) is 18.1. The number of hydrogen-bond donors (Lipinski definition) is 3. The van der Waals surface area contributed by atoms with Crippen LogP contribution in [0.25, 0.3) is 21.5 Å². The molecule has 0 radical (unpaired) electrons. The molecule has 3 rings (SSSR count). The molecule has 0 aromatic heterocycles. The summed E-state index contributed by atoms with van der Waals surface area (Å²) in [6.45, 7) is 0. The van der Waals surface area contributed by atoms with Crippen molar-refractivity contribution in [2.24, 2.45) is 0 Å². The number of rotatable bonds is 1. The SMILES string of the molecule is Nc1cc2cc3cccc(N)c3cc2cc1C(O)(C(F)(F)F)C(F)(F)F. The van der Waals surface area contributed by atoms with Crippen LogP contribution in [0.3, 0.4) is 0 Å². The van der Waals surface area contributed by atoms with Crippen molar-refractivity contribution >= 4 is 32.9 Å². The van der Waals surface area contributed by atoms with E-state index >= 15 is 0 Å². The topological polar surface area (TPSA) is 72.3 Å². The first-order valence-electron chi connectivity index (χ1n) is 7.24. The highest BCUT2D eigenvalue weighted by Gasteiger charge is 2.72. The molecular weight excluding hydrogens is 362 g/mol. The Morgan fingerprint density at radius 3 is 1.85 bits per heavy atom. The van der Waals surface area contributed by atoms with Crippen molar-refractivity contribution in [2.45, 2.75) is 18.0 Å². The second kappa shape index (κ2) is 5.41. The number of hydrogen-bond acceptors (Lipinski definition) is 3. The third-order valence-corrected chi connectivity index (χ3v) is 4.25. The second-order valence-electron chi connectivity index (χ2n) is 5.91. The number of halogens is 6. The minimum absolute atomic E-state index is 0.0338. The van der Waals surface area contributed by atoms with Crippen LogP contribution in [-0.4, -0.2) is 17.5 Å². The third-order valence-electron chi connectivity index (χ3n) is 4.25. The number of nitrogen functional groups attached to an aromatic ring is 2. The monoisotopic (exact) mass is 374 g/mol. The third kappa shape index (κ3) is 2.50. The van der Waals surface area contributed by atoms with Crippen LogP contribution in [0.15, 0.2) is 42.5 Å². The Kier molecular flexibility index (Phi) is 3.77. The first-order chi connectivity index (χ1) is 11.9. The van der Waals surface area contributed by atoms with Crippen molar-refractivity contribution in [2.75, 3.05) is 11.5 Å². The van der Waals surface area contributed by atoms with Gasteiger partial charge in [0.15, 0.2) is 0 Å².